The zero-order valence-corrected chi connectivity index (χ0v) is 14.6. The molecule has 2 fully saturated rings. The van der Waals surface area contributed by atoms with Crippen molar-refractivity contribution < 1.29 is 0 Å². The first-order valence-electron chi connectivity index (χ1n) is 8.69. The molecule has 1 saturated heterocycles. The van der Waals surface area contributed by atoms with Gasteiger partial charge in [-0.1, -0.05) is 20.3 Å². The van der Waals surface area contributed by atoms with Crippen LogP contribution in [0.15, 0.2) is 6.07 Å². The van der Waals surface area contributed by atoms with E-state index in [4.69, 9.17) is 0 Å². The number of nitrogens with zero attached hydrogens (tertiary/aromatic N) is 1. The van der Waals surface area contributed by atoms with Crippen LogP contribution in [0.3, 0.4) is 0 Å². The minimum Gasteiger partial charge on any atom is -0.310 e. The maximum absolute atomic E-state index is 3.54. The fourth-order valence-electron chi connectivity index (χ4n) is 4.11. The molecule has 2 nitrogen and oxygen atoms in total. The third-order valence-corrected chi connectivity index (χ3v) is 6.33. The second-order valence-corrected chi connectivity index (χ2v) is 8.54. The van der Waals surface area contributed by atoms with Crippen LogP contribution in [-0.4, -0.2) is 23.5 Å². The van der Waals surface area contributed by atoms with Crippen molar-refractivity contribution in [2.45, 2.75) is 78.0 Å². The predicted octanol–water partition coefficient (Wildman–Crippen LogP) is 4.32. The fraction of sp³-hybridized carbons (Fsp3) is 0.778. The molecule has 0 bridgehead atoms. The van der Waals surface area contributed by atoms with Crippen molar-refractivity contribution in [2.24, 2.45) is 5.92 Å². The van der Waals surface area contributed by atoms with Crippen molar-refractivity contribution in [1.82, 2.24) is 10.2 Å². The molecule has 0 radical (unpaired) electrons. The molecule has 3 heteroatoms. The van der Waals surface area contributed by atoms with Crippen LogP contribution in [0.2, 0.25) is 0 Å². The van der Waals surface area contributed by atoms with E-state index >= 15 is 0 Å². The SMILES string of the molecule is Cc1sc(CNC(C)C)cc1CN1CCCC2CCCC21. The van der Waals surface area contributed by atoms with Crippen LogP contribution in [0.1, 0.15) is 61.3 Å². The van der Waals surface area contributed by atoms with Crippen LogP contribution in [0.4, 0.5) is 0 Å². The zero-order valence-electron chi connectivity index (χ0n) is 13.8. The molecule has 118 valence electrons. The predicted molar refractivity (Wildman–Crippen MR) is 91.8 cm³/mol. The molecule has 1 aliphatic heterocycles. The topological polar surface area (TPSA) is 15.3 Å². The maximum atomic E-state index is 3.54. The lowest BCUT2D eigenvalue weighted by molar-refractivity contribution is 0.106. The largest absolute Gasteiger partial charge is 0.310 e. The smallest absolute Gasteiger partial charge is 0.0302 e. The van der Waals surface area contributed by atoms with E-state index in [1.807, 2.05) is 11.3 Å². The highest BCUT2D eigenvalue weighted by molar-refractivity contribution is 7.12. The zero-order chi connectivity index (χ0) is 14.8. The molecule has 2 atom stereocenters. The summed E-state index contributed by atoms with van der Waals surface area (Å²) >= 11 is 1.98. The van der Waals surface area contributed by atoms with Gasteiger partial charge in [-0.2, -0.15) is 0 Å². The summed E-state index contributed by atoms with van der Waals surface area (Å²) in [5, 5.41) is 3.54. The quantitative estimate of drug-likeness (QED) is 0.871. The number of thiophene rings is 1. The highest BCUT2D eigenvalue weighted by atomic mass is 32.1. The van der Waals surface area contributed by atoms with Crippen molar-refractivity contribution in [1.29, 1.82) is 0 Å². The van der Waals surface area contributed by atoms with Gasteiger partial charge in [0.25, 0.3) is 0 Å². The lowest BCUT2D eigenvalue weighted by Crippen LogP contribution is -2.41. The van der Waals surface area contributed by atoms with Gasteiger partial charge >= 0.3 is 0 Å². The van der Waals surface area contributed by atoms with Crippen LogP contribution in [0.25, 0.3) is 0 Å². The second kappa shape index (κ2) is 6.80. The van der Waals surface area contributed by atoms with Gasteiger partial charge in [-0.25, -0.2) is 0 Å². The molecule has 3 rings (SSSR count). The summed E-state index contributed by atoms with van der Waals surface area (Å²) in [4.78, 5) is 5.81. The summed E-state index contributed by atoms with van der Waals surface area (Å²) in [6.45, 7) is 10.3. The second-order valence-electron chi connectivity index (χ2n) is 7.20. The molecule has 0 spiro atoms. The minimum absolute atomic E-state index is 0.567. The number of hydrogen-bond donors (Lipinski definition) is 1. The molecular weight excluding hydrogens is 276 g/mol. The Morgan fingerprint density at radius 3 is 2.90 bits per heavy atom. The normalized spacial score (nSPS) is 26.5. The summed E-state index contributed by atoms with van der Waals surface area (Å²) in [7, 11) is 0. The Balaban J connectivity index is 1.64. The Bertz CT molecular complexity index is 466. The van der Waals surface area contributed by atoms with E-state index in [0.717, 1.165) is 18.5 Å². The van der Waals surface area contributed by atoms with E-state index in [9.17, 15) is 0 Å². The number of rotatable bonds is 5. The number of nitrogens with one attached hydrogen (secondary N) is 1. The molecular formula is C18H30N2S. The van der Waals surface area contributed by atoms with E-state index < -0.39 is 0 Å². The fourth-order valence-corrected chi connectivity index (χ4v) is 5.11. The van der Waals surface area contributed by atoms with Crippen molar-refractivity contribution in [2.75, 3.05) is 6.54 Å². The summed E-state index contributed by atoms with van der Waals surface area (Å²) in [6, 6.07) is 3.90. The van der Waals surface area contributed by atoms with Crippen LogP contribution in [0, 0.1) is 12.8 Å². The van der Waals surface area contributed by atoms with Gasteiger partial charge in [-0.15, -0.1) is 11.3 Å². The van der Waals surface area contributed by atoms with Gasteiger partial charge < -0.3 is 5.32 Å². The molecule has 2 aliphatic rings. The summed E-state index contributed by atoms with van der Waals surface area (Å²) in [5.41, 5.74) is 1.58. The Hall–Kier alpha value is -0.380. The Morgan fingerprint density at radius 1 is 1.29 bits per heavy atom. The molecule has 0 aromatic carbocycles. The van der Waals surface area contributed by atoms with Crippen molar-refractivity contribution in [3.63, 3.8) is 0 Å². The molecule has 21 heavy (non-hydrogen) atoms. The Labute approximate surface area is 133 Å². The highest BCUT2D eigenvalue weighted by Crippen LogP contribution is 2.38. The van der Waals surface area contributed by atoms with E-state index in [0.29, 0.717) is 6.04 Å². The molecule has 1 aromatic heterocycles. The average molecular weight is 307 g/mol. The van der Waals surface area contributed by atoms with Crippen molar-refractivity contribution in [3.05, 3.63) is 21.4 Å². The number of likely N-dealkylation sites (tertiary alicyclic amines) is 1. The molecule has 1 saturated carbocycles. The van der Waals surface area contributed by atoms with E-state index in [1.54, 1.807) is 5.56 Å². The number of hydrogen-bond acceptors (Lipinski definition) is 3. The van der Waals surface area contributed by atoms with E-state index in [2.05, 4.69) is 37.1 Å². The van der Waals surface area contributed by atoms with E-state index in [1.165, 1.54) is 54.9 Å². The number of fused-ring (bicyclic) bond motifs is 1. The third-order valence-electron chi connectivity index (χ3n) is 5.24. The van der Waals surface area contributed by atoms with Crippen LogP contribution < -0.4 is 5.32 Å². The van der Waals surface area contributed by atoms with Gasteiger partial charge in [0, 0.05) is 34.9 Å². The van der Waals surface area contributed by atoms with Gasteiger partial charge in [0.2, 0.25) is 0 Å². The lowest BCUT2D eigenvalue weighted by atomic mass is 9.91. The standard InChI is InChI=1S/C18H30N2S/c1-13(2)19-11-17-10-16(14(3)21-17)12-20-9-5-7-15-6-4-8-18(15)20/h10,13,15,18-19H,4-9,11-12H2,1-3H3. The van der Waals surface area contributed by atoms with Crippen molar-refractivity contribution in [3.8, 4) is 0 Å². The minimum atomic E-state index is 0.567. The van der Waals surface area contributed by atoms with Gasteiger partial charge in [0.05, 0.1) is 0 Å². The third kappa shape index (κ3) is 3.69. The van der Waals surface area contributed by atoms with Gasteiger partial charge in [-0.05, 0) is 56.7 Å². The van der Waals surface area contributed by atoms with Crippen molar-refractivity contribution >= 4 is 11.3 Å². The first-order valence-corrected chi connectivity index (χ1v) is 9.50. The molecule has 1 N–H and O–H groups in total. The first kappa shape index (κ1) is 15.5. The first-order chi connectivity index (χ1) is 10.1. The Morgan fingerprint density at radius 2 is 2.10 bits per heavy atom. The molecule has 1 aliphatic carbocycles. The summed E-state index contributed by atoms with van der Waals surface area (Å²) < 4.78 is 0. The average Bonchev–Trinajstić information content (AvgIpc) is 3.04. The number of aryl methyl sites for hydroxylation is 1. The van der Waals surface area contributed by atoms with Gasteiger partial charge in [-0.3, -0.25) is 4.90 Å². The Kier molecular flexibility index (Phi) is 5.03. The van der Waals surface area contributed by atoms with Gasteiger partial charge in [0.15, 0.2) is 0 Å². The lowest BCUT2D eigenvalue weighted by Gasteiger charge is -2.37. The molecule has 2 unspecified atom stereocenters. The molecule has 0 amide bonds. The molecule has 2 heterocycles. The van der Waals surface area contributed by atoms with Crippen LogP contribution in [0.5, 0.6) is 0 Å². The van der Waals surface area contributed by atoms with E-state index in [-0.39, 0.29) is 0 Å². The maximum Gasteiger partial charge on any atom is 0.0302 e. The number of piperidine rings is 1. The van der Waals surface area contributed by atoms with Gasteiger partial charge in [0.1, 0.15) is 0 Å². The van der Waals surface area contributed by atoms with Crippen LogP contribution in [-0.2, 0) is 13.1 Å². The monoisotopic (exact) mass is 306 g/mol. The van der Waals surface area contributed by atoms with Crippen LogP contribution >= 0.6 is 11.3 Å². The summed E-state index contributed by atoms with van der Waals surface area (Å²) in [5.74, 6) is 1.000. The summed E-state index contributed by atoms with van der Waals surface area (Å²) in [6.07, 6.45) is 7.26. The highest BCUT2D eigenvalue weighted by Gasteiger charge is 2.34. The molecule has 1 aromatic rings.